The van der Waals surface area contributed by atoms with Crippen LogP contribution in [0.4, 0.5) is 0 Å². The lowest BCUT2D eigenvalue weighted by molar-refractivity contribution is 0.0209. The second-order valence-corrected chi connectivity index (χ2v) is 5.14. The molecule has 1 aliphatic heterocycles. The standard InChI is InChI=1S/C11H22N2O/c1-13(7-10-3-2-4-10)9-11(14)5-6-12-8-11/h10,12,14H,2-9H2,1H3. The van der Waals surface area contributed by atoms with Crippen molar-refractivity contribution in [1.82, 2.24) is 10.2 Å². The minimum absolute atomic E-state index is 0.460. The molecule has 0 aromatic carbocycles. The predicted octanol–water partition coefficient (Wildman–Crippen LogP) is 0.443. The van der Waals surface area contributed by atoms with Crippen LogP contribution in [0.3, 0.4) is 0 Å². The lowest BCUT2D eigenvalue weighted by Crippen LogP contribution is -2.45. The van der Waals surface area contributed by atoms with Crippen LogP contribution in [0.5, 0.6) is 0 Å². The molecular weight excluding hydrogens is 176 g/mol. The summed E-state index contributed by atoms with van der Waals surface area (Å²) in [4.78, 5) is 2.30. The molecule has 14 heavy (non-hydrogen) atoms. The molecule has 2 N–H and O–H groups in total. The Morgan fingerprint density at radius 3 is 2.79 bits per heavy atom. The summed E-state index contributed by atoms with van der Waals surface area (Å²) in [5.74, 6) is 0.901. The molecule has 0 aromatic heterocycles. The second kappa shape index (κ2) is 4.17. The van der Waals surface area contributed by atoms with Gasteiger partial charge in [-0.25, -0.2) is 0 Å². The Morgan fingerprint density at radius 2 is 2.29 bits per heavy atom. The van der Waals surface area contributed by atoms with Gasteiger partial charge in [-0.3, -0.25) is 0 Å². The van der Waals surface area contributed by atoms with Crippen molar-refractivity contribution in [3.05, 3.63) is 0 Å². The average Bonchev–Trinajstić information content (AvgIpc) is 2.44. The third-order valence-corrected chi connectivity index (χ3v) is 3.58. The van der Waals surface area contributed by atoms with Crippen LogP contribution in [0, 0.1) is 5.92 Å². The van der Waals surface area contributed by atoms with Gasteiger partial charge in [0.2, 0.25) is 0 Å². The van der Waals surface area contributed by atoms with E-state index in [1.165, 1.54) is 25.8 Å². The fourth-order valence-corrected chi connectivity index (χ4v) is 2.55. The van der Waals surface area contributed by atoms with Crippen molar-refractivity contribution >= 4 is 0 Å². The van der Waals surface area contributed by atoms with Gasteiger partial charge in [0.05, 0.1) is 5.60 Å². The molecule has 3 nitrogen and oxygen atoms in total. The van der Waals surface area contributed by atoms with Crippen LogP contribution >= 0.6 is 0 Å². The summed E-state index contributed by atoms with van der Waals surface area (Å²) in [6, 6.07) is 0. The van der Waals surface area contributed by atoms with Gasteiger partial charge in [0.25, 0.3) is 0 Å². The maximum absolute atomic E-state index is 10.2. The Hall–Kier alpha value is -0.120. The zero-order valence-electron chi connectivity index (χ0n) is 9.13. The molecule has 1 saturated heterocycles. The molecule has 1 aliphatic carbocycles. The first-order valence-electron chi connectivity index (χ1n) is 5.80. The van der Waals surface area contributed by atoms with Crippen LogP contribution in [-0.4, -0.2) is 48.8 Å². The normalized spacial score (nSPS) is 33.6. The van der Waals surface area contributed by atoms with Crippen molar-refractivity contribution in [2.45, 2.75) is 31.3 Å². The molecule has 0 bridgehead atoms. The lowest BCUT2D eigenvalue weighted by Gasteiger charge is -2.33. The van der Waals surface area contributed by atoms with E-state index in [4.69, 9.17) is 0 Å². The Labute approximate surface area is 86.5 Å². The van der Waals surface area contributed by atoms with Crippen LogP contribution in [0.25, 0.3) is 0 Å². The molecule has 2 fully saturated rings. The summed E-state index contributed by atoms with van der Waals surface area (Å²) in [5, 5.41) is 13.4. The van der Waals surface area contributed by atoms with Gasteiger partial charge in [0, 0.05) is 19.6 Å². The van der Waals surface area contributed by atoms with Gasteiger partial charge in [-0.05, 0) is 38.8 Å². The molecule has 0 radical (unpaired) electrons. The molecule has 82 valence electrons. The largest absolute Gasteiger partial charge is 0.387 e. The topological polar surface area (TPSA) is 35.5 Å². The number of nitrogens with one attached hydrogen (secondary N) is 1. The summed E-state index contributed by atoms with van der Waals surface area (Å²) >= 11 is 0. The van der Waals surface area contributed by atoms with E-state index in [1.54, 1.807) is 0 Å². The summed E-state index contributed by atoms with van der Waals surface area (Å²) in [7, 11) is 2.13. The maximum atomic E-state index is 10.2. The van der Waals surface area contributed by atoms with E-state index < -0.39 is 5.60 Å². The average molecular weight is 198 g/mol. The predicted molar refractivity (Wildman–Crippen MR) is 57.3 cm³/mol. The molecule has 2 aliphatic rings. The number of hydrogen-bond acceptors (Lipinski definition) is 3. The van der Waals surface area contributed by atoms with Crippen molar-refractivity contribution < 1.29 is 5.11 Å². The van der Waals surface area contributed by atoms with Gasteiger partial charge in [-0.2, -0.15) is 0 Å². The third-order valence-electron chi connectivity index (χ3n) is 3.58. The molecule has 0 amide bonds. The Morgan fingerprint density at radius 1 is 1.50 bits per heavy atom. The number of nitrogens with zero attached hydrogens (tertiary/aromatic N) is 1. The molecule has 3 heteroatoms. The zero-order chi connectivity index (χ0) is 10.0. The highest BCUT2D eigenvalue weighted by Gasteiger charge is 2.32. The lowest BCUT2D eigenvalue weighted by atomic mass is 9.85. The van der Waals surface area contributed by atoms with E-state index in [1.807, 2.05) is 0 Å². The summed E-state index contributed by atoms with van der Waals surface area (Å²) in [6.07, 6.45) is 5.09. The molecule has 2 rings (SSSR count). The maximum Gasteiger partial charge on any atom is 0.0909 e. The smallest absolute Gasteiger partial charge is 0.0909 e. The van der Waals surface area contributed by atoms with E-state index >= 15 is 0 Å². The number of β-amino-alcohol motifs (C(OH)–C–C–N with tert-alkyl or cyclic N) is 1. The van der Waals surface area contributed by atoms with E-state index in [-0.39, 0.29) is 0 Å². The third kappa shape index (κ3) is 2.47. The SMILES string of the molecule is CN(CC1CCC1)CC1(O)CCNC1. The van der Waals surface area contributed by atoms with Crippen molar-refractivity contribution in [3.63, 3.8) is 0 Å². The molecule has 1 atom stereocenters. The van der Waals surface area contributed by atoms with Crippen LogP contribution in [0.15, 0.2) is 0 Å². The highest BCUT2D eigenvalue weighted by atomic mass is 16.3. The fourth-order valence-electron chi connectivity index (χ4n) is 2.55. The number of aliphatic hydroxyl groups is 1. The van der Waals surface area contributed by atoms with Gasteiger partial charge >= 0.3 is 0 Å². The van der Waals surface area contributed by atoms with Crippen LogP contribution in [0.2, 0.25) is 0 Å². The first kappa shape index (κ1) is 10.4. The molecular formula is C11H22N2O. The molecule has 0 spiro atoms. The minimum atomic E-state index is -0.460. The second-order valence-electron chi connectivity index (χ2n) is 5.14. The monoisotopic (exact) mass is 198 g/mol. The van der Waals surface area contributed by atoms with E-state index in [0.717, 1.165) is 32.0 Å². The first-order valence-corrected chi connectivity index (χ1v) is 5.80. The number of rotatable bonds is 4. The van der Waals surface area contributed by atoms with Crippen molar-refractivity contribution in [3.8, 4) is 0 Å². The summed E-state index contributed by atoms with van der Waals surface area (Å²) in [5.41, 5.74) is -0.460. The highest BCUT2D eigenvalue weighted by Crippen LogP contribution is 2.27. The molecule has 1 unspecified atom stereocenters. The van der Waals surface area contributed by atoms with Crippen LogP contribution in [0.1, 0.15) is 25.7 Å². The van der Waals surface area contributed by atoms with Gasteiger partial charge in [-0.1, -0.05) is 6.42 Å². The number of hydrogen-bond donors (Lipinski definition) is 2. The van der Waals surface area contributed by atoms with Crippen molar-refractivity contribution in [2.24, 2.45) is 5.92 Å². The van der Waals surface area contributed by atoms with E-state index in [9.17, 15) is 5.11 Å². The minimum Gasteiger partial charge on any atom is -0.387 e. The Kier molecular flexibility index (Phi) is 3.10. The van der Waals surface area contributed by atoms with Gasteiger partial charge in [-0.15, -0.1) is 0 Å². The van der Waals surface area contributed by atoms with Crippen LogP contribution < -0.4 is 5.32 Å². The van der Waals surface area contributed by atoms with E-state index in [0.29, 0.717) is 0 Å². The zero-order valence-corrected chi connectivity index (χ0v) is 9.13. The summed E-state index contributed by atoms with van der Waals surface area (Å²) in [6.45, 7) is 3.73. The number of likely N-dealkylation sites (N-methyl/N-ethyl adjacent to an activating group) is 1. The van der Waals surface area contributed by atoms with E-state index in [2.05, 4.69) is 17.3 Å². The van der Waals surface area contributed by atoms with Crippen molar-refractivity contribution in [1.29, 1.82) is 0 Å². The Bertz CT molecular complexity index is 186. The molecule has 1 heterocycles. The molecule has 1 saturated carbocycles. The Balaban J connectivity index is 1.72. The summed E-state index contributed by atoms with van der Waals surface area (Å²) < 4.78 is 0. The van der Waals surface area contributed by atoms with Crippen LogP contribution in [-0.2, 0) is 0 Å². The van der Waals surface area contributed by atoms with Gasteiger partial charge < -0.3 is 15.3 Å². The first-order chi connectivity index (χ1) is 6.68. The van der Waals surface area contributed by atoms with Gasteiger partial charge in [0.1, 0.15) is 0 Å². The molecule has 0 aromatic rings. The quantitative estimate of drug-likeness (QED) is 0.688. The van der Waals surface area contributed by atoms with Gasteiger partial charge in [0.15, 0.2) is 0 Å². The van der Waals surface area contributed by atoms with Crippen molar-refractivity contribution in [2.75, 3.05) is 33.2 Å². The fraction of sp³-hybridized carbons (Fsp3) is 1.00. The highest BCUT2D eigenvalue weighted by molar-refractivity contribution is 4.90.